The summed E-state index contributed by atoms with van der Waals surface area (Å²) in [5.74, 6) is -1.80. The molecule has 200 valence electrons. The fourth-order valence-electron chi connectivity index (χ4n) is 4.64. The molecule has 1 aromatic carbocycles. The number of pyridine rings is 1. The summed E-state index contributed by atoms with van der Waals surface area (Å²) in [6.07, 6.45) is -0.357. The predicted molar refractivity (Wildman–Crippen MR) is 127 cm³/mol. The van der Waals surface area contributed by atoms with Crippen molar-refractivity contribution in [3.8, 4) is 11.4 Å². The van der Waals surface area contributed by atoms with Crippen LogP contribution in [0.3, 0.4) is 0 Å². The van der Waals surface area contributed by atoms with Gasteiger partial charge in [0.05, 0.1) is 19.3 Å². The average molecular weight is 531 g/mol. The third kappa shape index (κ3) is 5.62. The van der Waals surface area contributed by atoms with E-state index < -0.39 is 18.0 Å². The molecule has 38 heavy (non-hydrogen) atoms. The highest BCUT2D eigenvalue weighted by atomic mass is 19.4. The van der Waals surface area contributed by atoms with Gasteiger partial charge in [0.2, 0.25) is 5.82 Å². The van der Waals surface area contributed by atoms with E-state index in [1.54, 1.807) is 17.3 Å². The van der Waals surface area contributed by atoms with Crippen molar-refractivity contribution in [2.24, 2.45) is 0 Å². The number of hydrogen-bond acceptors (Lipinski definition) is 7. The summed E-state index contributed by atoms with van der Waals surface area (Å²) >= 11 is 0. The third-order valence-electron chi connectivity index (χ3n) is 6.68. The number of nitrogens with zero attached hydrogens (tertiary/aromatic N) is 5. The zero-order chi connectivity index (χ0) is 26.7. The molecule has 13 heteroatoms. The number of rotatable bonds is 5. The number of ether oxygens (including phenoxy) is 1. The molecular weight excluding hydrogens is 505 g/mol. The van der Waals surface area contributed by atoms with Gasteiger partial charge in [0, 0.05) is 55.6 Å². The Morgan fingerprint density at radius 1 is 1.08 bits per heavy atom. The van der Waals surface area contributed by atoms with Crippen molar-refractivity contribution < 1.29 is 32.0 Å². The number of urea groups is 1. The molecule has 10 nitrogen and oxygen atoms in total. The fourth-order valence-corrected chi connectivity index (χ4v) is 4.64. The molecule has 0 aliphatic carbocycles. The van der Waals surface area contributed by atoms with Gasteiger partial charge in [0.15, 0.2) is 0 Å². The largest absolute Gasteiger partial charge is 0.471 e. The lowest BCUT2D eigenvalue weighted by atomic mass is 10.00. The summed E-state index contributed by atoms with van der Waals surface area (Å²) < 4.78 is 47.9. The smallest absolute Gasteiger partial charge is 0.377 e. The number of amides is 3. The molecule has 0 saturated carbocycles. The summed E-state index contributed by atoms with van der Waals surface area (Å²) in [6, 6.07) is 9.32. The van der Waals surface area contributed by atoms with Gasteiger partial charge in [-0.05, 0) is 36.2 Å². The maximum Gasteiger partial charge on any atom is 0.471 e. The standard InChI is InChI=1S/C25H25F3N6O4/c26-25(27,28)23-31-21(32-38-23)17-1-3-18(4-2-17)22(35)30-13-20-15-37-12-11-34(20)24(36)33-10-7-19(14-33)16-5-8-29-9-6-16/h1-6,8-9,19-20H,7,10-15H2,(H,30,35)/t19?,20-/m0/s1. The van der Waals surface area contributed by atoms with Crippen molar-refractivity contribution in [3.05, 3.63) is 65.8 Å². The molecule has 3 aromatic rings. The Labute approximate surface area is 215 Å². The van der Waals surface area contributed by atoms with Crippen molar-refractivity contribution in [1.29, 1.82) is 0 Å². The van der Waals surface area contributed by atoms with Gasteiger partial charge in [-0.15, -0.1) is 0 Å². The molecule has 0 radical (unpaired) electrons. The maximum atomic E-state index is 13.3. The first-order valence-corrected chi connectivity index (χ1v) is 12.1. The van der Waals surface area contributed by atoms with E-state index in [1.165, 1.54) is 24.3 Å². The highest BCUT2D eigenvalue weighted by Crippen LogP contribution is 2.30. The first-order chi connectivity index (χ1) is 18.3. The molecule has 2 fully saturated rings. The topological polar surface area (TPSA) is 114 Å². The van der Waals surface area contributed by atoms with E-state index >= 15 is 0 Å². The van der Waals surface area contributed by atoms with Crippen molar-refractivity contribution in [2.45, 2.75) is 24.6 Å². The van der Waals surface area contributed by atoms with Gasteiger partial charge in [0.1, 0.15) is 0 Å². The lowest BCUT2D eigenvalue weighted by Crippen LogP contribution is -2.56. The van der Waals surface area contributed by atoms with E-state index in [4.69, 9.17) is 4.74 Å². The van der Waals surface area contributed by atoms with Crippen molar-refractivity contribution >= 4 is 11.9 Å². The van der Waals surface area contributed by atoms with E-state index in [1.807, 2.05) is 17.0 Å². The minimum atomic E-state index is -4.74. The van der Waals surface area contributed by atoms with Crippen LogP contribution in [0.4, 0.5) is 18.0 Å². The van der Waals surface area contributed by atoms with Gasteiger partial charge in [0.25, 0.3) is 5.91 Å². The molecule has 2 aromatic heterocycles. The number of hydrogen-bond donors (Lipinski definition) is 1. The Balaban J connectivity index is 1.17. The van der Waals surface area contributed by atoms with E-state index in [-0.39, 0.29) is 35.9 Å². The lowest BCUT2D eigenvalue weighted by molar-refractivity contribution is -0.159. The number of halogens is 3. The van der Waals surface area contributed by atoms with Crippen LogP contribution in [-0.2, 0) is 10.9 Å². The second-order valence-electron chi connectivity index (χ2n) is 9.13. The molecule has 4 heterocycles. The van der Waals surface area contributed by atoms with Crippen LogP contribution >= 0.6 is 0 Å². The van der Waals surface area contributed by atoms with Crippen molar-refractivity contribution in [3.63, 3.8) is 0 Å². The quantitative estimate of drug-likeness (QED) is 0.539. The molecule has 1 N–H and O–H groups in total. The van der Waals surface area contributed by atoms with Crippen LogP contribution in [0.2, 0.25) is 0 Å². The zero-order valence-electron chi connectivity index (χ0n) is 20.2. The number of benzene rings is 1. The van der Waals surface area contributed by atoms with Gasteiger partial charge in [-0.3, -0.25) is 9.78 Å². The number of alkyl halides is 3. The molecular formula is C25H25F3N6O4. The molecule has 1 unspecified atom stereocenters. The van der Waals surface area contributed by atoms with Crippen LogP contribution in [0.15, 0.2) is 53.3 Å². The van der Waals surface area contributed by atoms with Crippen LogP contribution < -0.4 is 5.32 Å². The summed E-state index contributed by atoms with van der Waals surface area (Å²) in [7, 11) is 0. The summed E-state index contributed by atoms with van der Waals surface area (Å²) in [5, 5.41) is 6.16. The number of aromatic nitrogens is 3. The first-order valence-electron chi connectivity index (χ1n) is 12.1. The number of carbonyl (C=O) groups is 2. The zero-order valence-corrected chi connectivity index (χ0v) is 20.2. The molecule has 2 aliphatic heterocycles. The van der Waals surface area contributed by atoms with Crippen molar-refractivity contribution in [1.82, 2.24) is 30.2 Å². The summed E-state index contributed by atoms with van der Waals surface area (Å²) in [6.45, 7) is 2.61. The third-order valence-corrected chi connectivity index (χ3v) is 6.68. The molecule has 0 spiro atoms. The molecule has 2 atom stereocenters. The van der Waals surface area contributed by atoms with Crippen LogP contribution in [0.1, 0.15) is 34.2 Å². The molecule has 2 saturated heterocycles. The average Bonchev–Trinajstić information content (AvgIpc) is 3.63. The first kappa shape index (κ1) is 25.6. The summed E-state index contributed by atoms with van der Waals surface area (Å²) in [4.78, 5) is 37.0. The summed E-state index contributed by atoms with van der Waals surface area (Å²) in [5.41, 5.74) is 1.73. The van der Waals surface area contributed by atoms with Gasteiger partial charge >= 0.3 is 18.1 Å². The highest BCUT2D eigenvalue weighted by molar-refractivity contribution is 5.94. The molecule has 0 bridgehead atoms. The minimum absolute atomic E-state index is 0.0770. The normalized spacial score (nSPS) is 20.0. The number of carbonyl (C=O) groups excluding carboxylic acids is 2. The van der Waals surface area contributed by atoms with Crippen LogP contribution in [0.25, 0.3) is 11.4 Å². The second-order valence-corrected chi connectivity index (χ2v) is 9.13. The lowest BCUT2D eigenvalue weighted by Gasteiger charge is -2.38. The van der Waals surface area contributed by atoms with Gasteiger partial charge in [-0.2, -0.15) is 18.2 Å². The minimum Gasteiger partial charge on any atom is -0.377 e. The second kappa shape index (κ2) is 10.8. The molecule has 2 aliphatic rings. The Kier molecular flexibility index (Phi) is 7.27. The maximum absolute atomic E-state index is 13.3. The highest BCUT2D eigenvalue weighted by Gasteiger charge is 2.38. The Hall–Kier alpha value is -4.00. The molecule has 3 amide bonds. The number of morpholine rings is 1. The van der Waals surface area contributed by atoms with Crippen LogP contribution in [-0.4, -0.2) is 82.3 Å². The van der Waals surface area contributed by atoms with E-state index in [0.717, 1.165) is 12.0 Å². The van der Waals surface area contributed by atoms with Crippen LogP contribution in [0.5, 0.6) is 0 Å². The van der Waals surface area contributed by atoms with Crippen molar-refractivity contribution in [2.75, 3.05) is 39.4 Å². The number of nitrogens with one attached hydrogen (secondary N) is 1. The SMILES string of the molecule is O=C(NC[C@H]1COCCN1C(=O)N1CCC(c2ccncc2)C1)c1ccc(-c2noc(C(F)(F)F)n2)cc1. The van der Waals surface area contributed by atoms with Crippen LogP contribution in [0, 0.1) is 0 Å². The van der Waals surface area contributed by atoms with Gasteiger partial charge in [-0.1, -0.05) is 17.3 Å². The Morgan fingerprint density at radius 3 is 2.55 bits per heavy atom. The van der Waals surface area contributed by atoms with Gasteiger partial charge < -0.3 is 24.4 Å². The Morgan fingerprint density at radius 2 is 1.84 bits per heavy atom. The fraction of sp³-hybridized carbons (Fsp3) is 0.400. The van der Waals surface area contributed by atoms with E-state index in [2.05, 4.69) is 25.0 Å². The predicted octanol–water partition coefficient (Wildman–Crippen LogP) is 3.19. The van der Waals surface area contributed by atoms with E-state index in [0.29, 0.717) is 38.4 Å². The molecule has 5 rings (SSSR count). The van der Waals surface area contributed by atoms with E-state index in [9.17, 15) is 22.8 Å². The van der Waals surface area contributed by atoms with Gasteiger partial charge in [-0.25, -0.2) is 4.79 Å². The Bertz CT molecular complexity index is 1270. The number of likely N-dealkylation sites (tertiary alicyclic amines) is 1. The monoisotopic (exact) mass is 530 g/mol.